The molecule has 0 aliphatic carbocycles. The molecule has 3 N–H and O–H groups in total. The number of hydrogen-bond acceptors (Lipinski definition) is 3. The van der Waals surface area contributed by atoms with Gasteiger partial charge in [0, 0.05) is 22.4 Å². The molecule has 74 valence electrons. The van der Waals surface area contributed by atoms with Gasteiger partial charge >= 0.3 is 0 Å². The quantitative estimate of drug-likeness (QED) is 0.780. The number of aliphatic hydroxyl groups excluding tert-OH is 1. The van der Waals surface area contributed by atoms with E-state index >= 15 is 0 Å². The van der Waals surface area contributed by atoms with Gasteiger partial charge in [-0.1, -0.05) is 0 Å². The highest BCUT2D eigenvalue weighted by Gasteiger charge is 2.10. The second-order valence-corrected chi connectivity index (χ2v) is 4.80. The third kappa shape index (κ3) is 2.79. The summed E-state index contributed by atoms with van der Waals surface area (Å²) in [6, 6.07) is 2.25. The number of aryl methyl sites for hydroxylation is 2. The molecule has 0 unspecified atom stereocenters. The van der Waals surface area contributed by atoms with Crippen molar-refractivity contribution in [3.05, 3.63) is 21.4 Å². The van der Waals surface area contributed by atoms with Gasteiger partial charge in [-0.2, -0.15) is 0 Å². The fourth-order valence-electron chi connectivity index (χ4n) is 1.49. The molecule has 1 rings (SSSR count). The lowest BCUT2D eigenvalue weighted by molar-refractivity contribution is 0.280. The minimum atomic E-state index is 0.0945. The van der Waals surface area contributed by atoms with Crippen LogP contribution in [0.4, 0.5) is 0 Å². The van der Waals surface area contributed by atoms with Crippen LogP contribution in [-0.4, -0.2) is 11.7 Å². The Bertz CT molecular complexity index is 270. The first-order valence-corrected chi connectivity index (χ1v) is 5.40. The van der Waals surface area contributed by atoms with Crippen molar-refractivity contribution in [3.63, 3.8) is 0 Å². The molecule has 0 fully saturated rings. The molecular weight excluding hydrogens is 182 g/mol. The van der Waals surface area contributed by atoms with Gasteiger partial charge in [0.1, 0.15) is 0 Å². The molecule has 0 aliphatic rings. The molecular formula is C10H17NOS. The fourth-order valence-corrected chi connectivity index (χ4v) is 2.48. The van der Waals surface area contributed by atoms with E-state index in [4.69, 9.17) is 10.8 Å². The van der Waals surface area contributed by atoms with Crippen LogP contribution < -0.4 is 5.73 Å². The molecule has 0 amide bonds. The van der Waals surface area contributed by atoms with Crippen LogP contribution in [0.25, 0.3) is 0 Å². The summed E-state index contributed by atoms with van der Waals surface area (Å²) in [7, 11) is 0. The predicted molar refractivity (Wildman–Crippen MR) is 57.0 cm³/mol. The Hall–Kier alpha value is -0.380. The molecule has 1 aromatic rings. The first-order chi connectivity index (χ1) is 6.15. The number of nitrogens with two attached hydrogens (primary N) is 1. The zero-order chi connectivity index (χ0) is 9.84. The van der Waals surface area contributed by atoms with E-state index in [2.05, 4.69) is 19.9 Å². The second-order valence-electron chi connectivity index (χ2n) is 3.34. The van der Waals surface area contributed by atoms with Crippen molar-refractivity contribution < 1.29 is 5.11 Å². The minimum Gasteiger partial charge on any atom is -0.396 e. The van der Waals surface area contributed by atoms with E-state index in [0.717, 1.165) is 12.8 Å². The van der Waals surface area contributed by atoms with Crippen LogP contribution in [0.5, 0.6) is 0 Å². The average Bonchev–Trinajstić information content (AvgIpc) is 2.41. The molecule has 1 atom stereocenters. The maximum absolute atomic E-state index is 8.68. The fraction of sp³-hybridized carbons (Fsp3) is 0.600. The van der Waals surface area contributed by atoms with E-state index in [-0.39, 0.29) is 12.6 Å². The van der Waals surface area contributed by atoms with E-state index in [9.17, 15) is 0 Å². The first-order valence-electron chi connectivity index (χ1n) is 4.58. The van der Waals surface area contributed by atoms with Gasteiger partial charge in [-0.25, -0.2) is 0 Å². The van der Waals surface area contributed by atoms with Crippen LogP contribution in [-0.2, 0) is 0 Å². The van der Waals surface area contributed by atoms with Crippen LogP contribution >= 0.6 is 11.3 Å². The molecule has 0 radical (unpaired) electrons. The van der Waals surface area contributed by atoms with Crippen molar-refractivity contribution in [1.82, 2.24) is 0 Å². The molecule has 0 aromatic carbocycles. The molecule has 0 spiro atoms. The van der Waals surface area contributed by atoms with Gasteiger partial charge in [0.25, 0.3) is 0 Å². The number of rotatable bonds is 4. The zero-order valence-electron chi connectivity index (χ0n) is 8.21. The monoisotopic (exact) mass is 199 g/mol. The van der Waals surface area contributed by atoms with Crippen molar-refractivity contribution >= 4 is 11.3 Å². The Morgan fingerprint density at radius 3 is 2.69 bits per heavy atom. The number of hydrogen-bond donors (Lipinski definition) is 2. The second kappa shape index (κ2) is 4.74. The maximum atomic E-state index is 8.68. The lowest BCUT2D eigenvalue weighted by atomic mass is 10.0. The molecule has 13 heavy (non-hydrogen) atoms. The molecule has 3 heteroatoms. The Morgan fingerprint density at radius 2 is 2.23 bits per heavy atom. The van der Waals surface area contributed by atoms with E-state index in [0.29, 0.717) is 0 Å². The summed E-state index contributed by atoms with van der Waals surface area (Å²) in [5, 5.41) is 8.68. The summed E-state index contributed by atoms with van der Waals surface area (Å²) in [4.78, 5) is 2.62. The van der Waals surface area contributed by atoms with Crippen LogP contribution in [0.2, 0.25) is 0 Å². The van der Waals surface area contributed by atoms with Crippen molar-refractivity contribution in [1.29, 1.82) is 0 Å². The highest BCUT2D eigenvalue weighted by Crippen LogP contribution is 2.27. The van der Waals surface area contributed by atoms with Crippen molar-refractivity contribution in [3.8, 4) is 0 Å². The van der Waals surface area contributed by atoms with Gasteiger partial charge < -0.3 is 10.8 Å². The summed E-state index contributed by atoms with van der Waals surface area (Å²) in [6.07, 6.45) is 1.66. The van der Waals surface area contributed by atoms with Crippen molar-refractivity contribution in [2.24, 2.45) is 5.73 Å². The summed E-state index contributed by atoms with van der Waals surface area (Å²) >= 11 is 1.79. The predicted octanol–water partition coefficient (Wildman–Crippen LogP) is 2.14. The minimum absolute atomic E-state index is 0.0945. The average molecular weight is 199 g/mol. The van der Waals surface area contributed by atoms with Gasteiger partial charge in [-0.3, -0.25) is 0 Å². The van der Waals surface area contributed by atoms with E-state index in [1.807, 2.05) is 0 Å². The Balaban J connectivity index is 2.64. The van der Waals surface area contributed by atoms with Crippen LogP contribution in [0, 0.1) is 13.8 Å². The van der Waals surface area contributed by atoms with Gasteiger partial charge in [0.15, 0.2) is 0 Å². The lowest BCUT2D eigenvalue weighted by Crippen LogP contribution is -2.10. The SMILES string of the molecule is Cc1cc([C@H](N)CCCO)c(C)s1. The third-order valence-electron chi connectivity index (χ3n) is 2.15. The molecule has 1 aromatic heterocycles. The Labute approximate surface area is 83.4 Å². The van der Waals surface area contributed by atoms with E-state index in [1.165, 1.54) is 15.3 Å². The smallest absolute Gasteiger partial charge is 0.0431 e. The van der Waals surface area contributed by atoms with Crippen molar-refractivity contribution in [2.45, 2.75) is 32.7 Å². The zero-order valence-corrected chi connectivity index (χ0v) is 9.03. The third-order valence-corrected chi connectivity index (χ3v) is 3.13. The van der Waals surface area contributed by atoms with Crippen molar-refractivity contribution in [2.75, 3.05) is 6.61 Å². The van der Waals surface area contributed by atoms with Gasteiger partial charge in [0.05, 0.1) is 0 Å². The molecule has 0 bridgehead atoms. The molecule has 0 saturated carbocycles. The Morgan fingerprint density at radius 1 is 1.54 bits per heavy atom. The summed E-state index contributed by atoms with van der Waals surface area (Å²) in [6.45, 7) is 4.43. The van der Waals surface area contributed by atoms with E-state index in [1.54, 1.807) is 11.3 Å². The van der Waals surface area contributed by atoms with E-state index < -0.39 is 0 Å². The summed E-state index contributed by atoms with van der Waals surface area (Å²) in [5.41, 5.74) is 7.24. The normalized spacial score (nSPS) is 13.2. The van der Waals surface area contributed by atoms with Crippen LogP contribution in [0.3, 0.4) is 0 Å². The molecule has 0 aliphatic heterocycles. The lowest BCUT2D eigenvalue weighted by Gasteiger charge is -2.09. The van der Waals surface area contributed by atoms with Gasteiger partial charge in [-0.15, -0.1) is 11.3 Å². The largest absolute Gasteiger partial charge is 0.396 e. The summed E-state index contributed by atoms with van der Waals surface area (Å²) in [5.74, 6) is 0. The highest BCUT2D eigenvalue weighted by molar-refractivity contribution is 7.12. The Kier molecular flexibility index (Phi) is 3.90. The maximum Gasteiger partial charge on any atom is 0.0431 e. The number of thiophene rings is 1. The van der Waals surface area contributed by atoms with Crippen LogP contribution in [0.1, 0.15) is 34.2 Å². The van der Waals surface area contributed by atoms with Gasteiger partial charge in [0.2, 0.25) is 0 Å². The standard InChI is InChI=1S/C10H17NOS/c1-7-6-9(8(2)13-7)10(11)4-3-5-12/h6,10,12H,3-5,11H2,1-2H3/t10-/m1/s1. The van der Waals surface area contributed by atoms with Gasteiger partial charge in [-0.05, 0) is 38.3 Å². The number of aliphatic hydroxyl groups is 1. The molecule has 1 heterocycles. The highest BCUT2D eigenvalue weighted by atomic mass is 32.1. The molecule has 0 saturated heterocycles. The topological polar surface area (TPSA) is 46.2 Å². The molecule has 2 nitrogen and oxygen atoms in total. The first kappa shape index (κ1) is 10.7. The summed E-state index contributed by atoms with van der Waals surface area (Å²) < 4.78 is 0. The van der Waals surface area contributed by atoms with Crippen LogP contribution in [0.15, 0.2) is 6.07 Å².